The Morgan fingerprint density at radius 3 is 2.84 bits per heavy atom. The van der Waals surface area contributed by atoms with Gasteiger partial charge in [-0.1, -0.05) is 6.92 Å². The lowest BCUT2D eigenvalue weighted by molar-refractivity contribution is 0.471. The number of likely N-dealkylation sites (N-methyl/N-ethyl adjacent to an activating group) is 1. The summed E-state index contributed by atoms with van der Waals surface area (Å²) >= 11 is 5.28. The van der Waals surface area contributed by atoms with E-state index in [0.717, 1.165) is 23.3 Å². The van der Waals surface area contributed by atoms with Crippen molar-refractivity contribution in [2.45, 2.75) is 39.3 Å². The van der Waals surface area contributed by atoms with Crippen molar-refractivity contribution < 1.29 is 0 Å². The Hall–Kier alpha value is -0.720. The predicted molar refractivity (Wildman–Crippen MR) is 82.5 cm³/mol. The molecule has 2 rings (SSSR count). The number of hydrogen-bond donors (Lipinski definition) is 1. The molecule has 1 unspecified atom stereocenters. The van der Waals surface area contributed by atoms with E-state index < -0.39 is 0 Å². The van der Waals surface area contributed by atoms with Gasteiger partial charge in [-0.05, 0) is 42.4 Å². The van der Waals surface area contributed by atoms with Gasteiger partial charge in [0.25, 0.3) is 0 Å². The van der Waals surface area contributed by atoms with Gasteiger partial charge >= 0.3 is 0 Å². The van der Waals surface area contributed by atoms with Crippen LogP contribution in [-0.4, -0.2) is 21.3 Å². The van der Waals surface area contributed by atoms with E-state index >= 15 is 0 Å². The van der Waals surface area contributed by atoms with Crippen molar-refractivity contribution >= 4 is 27.3 Å². The Kier molecular flexibility index (Phi) is 5.13. The molecule has 0 fully saturated rings. The number of nitrogens with zero attached hydrogens (tertiary/aromatic N) is 3. The van der Waals surface area contributed by atoms with Crippen molar-refractivity contribution in [1.82, 2.24) is 20.1 Å². The zero-order chi connectivity index (χ0) is 13.8. The van der Waals surface area contributed by atoms with Crippen LogP contribution >= 0.6 is 27.3 Å². The normalized spacial score (nSPS) is 13.1. The second-order valence-corrected chi connectivity index (χ2v) is 6.55. The van der Waals surface area contributed by atoms with Crippen LogP contribution in [0, 0.1) is 0 Å². The first-order chi connectivity index (χ1) is 9.11. The molecular weight excluding hydrogens is 324 g/mol. The highest BCUT2D eigenvalue weighted by Gasteiger charge is 2.17. The van der Waals surface area contributed by atoms with Gasteiger partial charge in [-0.15, -0.1) is 11.3 Å². The molecule has 0 aliphatic rings. The number of hydrogen-bond acceptors (Lipinski definition) is 4. The van der Waals surface area contributed by atoms with Gasteiger partial charge < -0.3 is 5.32 Å². The van der Waals surface area contributed by atoms with E-state index in [1.54, 1.807) is 17.7 Å². The minimum Gasteiger partial charge on any atom is -0.309 e. The van der Waals surface area contributed by atoms with Crippen LogP contribution < -0.4 is 5.32 Å². The summed E-state index contributed by atoms with van der Waals surface area (Å²) in [5, 5.41) is 9.94. The van der Waals surface area contributed by atoms with E-state index in [-0.39, 0.29) is 0 Å². The number of thiophene rings is 1. The molecule has 0 aromatic carbocycles. The van der Waals surface area contributed by atoms with Gasteiger partial charge in [-0.25, -0.2) is 9.67 Å². The second kappa shape index (κ2) is 6.63. The van der Waals surface area contributed by atoms with Crippen LogP contribution in [0.2, 0.25) is 0 Å². The zero-order valence-corrected chi connectivity index (χ0v) is 13.8. The number of nitrogens with one attached hydrogen (secondary N) is 1. The smallest absolute Gasteiger partial charge is 0.138 e. The van der Waals surface area contributed by atoms with Gasteiger partial charge in [0.05, 0.1) is 0 Å². The molecule has 0 aliphatic carbocycles. The van der Waals surface area contributed by atoms with Crippen molar-refractivity contribution in [3.63, 3.8) is 0 Å². The van der Waals surface area contributed by atoms with Gasteiger partial charge in [0.2, 0.25) is 0 Å². The molecule has 0 bridgehead atoms. The van der Waals surface area contributed by atoms with E-state index in [9.17, 15) is 0 Å². The maximum atomic E-state index is 4.40. The largest absolute Gasteiger partial charge is 0.309 e. The minimum absolute atomic E-state index is 0.294. The monoisotopic (exact) mass is 342 g/mol. The molecular formula is C13H19BrN4S. The summed E-state index contributed by atoms with van der Waals surface area (Å²) in [6, 6.07) is 2.81. The molecule has 0 radical (unpaired) electrons. The number of halogens is 1. The van der Waals surface area contributed by atoms with Crippen LogP contribution in [0.4, 0.5) is 0 Å². The Bertz CT molecular complexity index is 520. The fraction of sp³-hybridized carbons (Fsp3) is 0.538. The van der Waals surface area contributed by atoms with Gasteiger partial charge in [-0.2, -0.15) is 5.10 Å². The summed E-state index contributed by atoms with van der Waals surface area (Å²) in [5.74, 6) is 1.03. The quantitative estimate of drug-likeness (QED) is 0.872. The van der Waals surface area contributed by atoms with Crippen LogP contribution in [0.25, 0.3) is 0 Å². The van der Waals surface area contributed by atoms with Crippen LogP contribution in [-0.2, 0) is 6.42 Å². The highest BCUT2D eigenvalue weighted by atomic mass is 79.9. The SMILES string of the molecule is CCNC(Cc1ncnn1C(C)C)c1cc(Br)cs1. The third kappa shape index (κ3) is 3.64. The van der Waals surface area contributed by atoms with Crippen LogP contribution in [0.15, 0.2) is 22.2 Å². The fourth-order valence-corrected chi connectivity index (χ4v) is 3.59. The summed E-state index contributed by atoms with van der Waals surface area (Å²) < 4.78 is 3.13. The summed E-state index contributed by atoms with van der Waals surface area (Å²) in [6.07, 6.45) is 2.50. The van der Waals surface area contributed by atoms with Crippen LogP contribution in [0.3, 0.4) is 0 Å². The van der Waals surface area contributed by atoms with Gasteiger partial charge in [0.1, 0.15) is 12.2 Å². The zero-order valence-electron chi connectivity index (χ0n) is 11.4. The van der Waals surface area contributed by atoms with Crippen molar-refractivity contribution in [3.8, 4) is 0 Å². The van der Waals surface area contributed by atoms with Crippen molar-refractivity contribution in [2.75, 3.05) is 6.54 Å². The number of rotatable bonds is 6. The molecule has 1 N–H and O–H groups in total. The van der Waals surface area contributed by atoms with E-state index in [2.05, 4.69) is 63.5 Å². The Balaban J connectivity index is 2.19. The van der Waals surface area contributed by atoms with E-state index in [0.29, 0.717) is 12.1 Å². The Morgan fingerprint density at radius 2 is 2.26 bits per heavy atom. The van der Waals surface area contributed by atoms with Crippen molar-refractivity contribution in [2.24, 2.45) is 0 Å². The molecule has 0 aliphatic heterocycles. The predicted octanol–water partition coefficient (Wildman–Crippen LogP) is 3.58. The lowest BCUT2D eigenvalue weighted by Crippen LogP contribution is -2.24. The molecule has 0 saturated heterocycles. The molecule has 19 heavy (non-hydrogen) atoms. The topological polar surface area (TPSA) is 42.7 Å². The summed E-state index contributed by atoms with van der Waals surface area (Å²) in [7, 11) is 0. The average molecular weight is 343 g/mol. The minimum atomic E-state index is 0.294. The molecule has 2 heterocycles. The van der Waals surface area contributed by atoms with Crippen molar-refractivity contribution in [1.29, 1.82) is 0 Å². The van der Waals surface area contributed by atoms with Crippen LogP contribution in [0.5, 0.6) is 0 Å². The summed E-state index contributed by atoms with van der Waals surface area (Å²) in [5.41, 5.74) is 0. The molecule has 0 saturated carbocycles. The first-order valence-corrected chi connectivity index (χ1v) is 8.14. The summed E-state index contributed by atoms with van der Waals surface area (Å²) in [6.45, 7) is 7.32. The summed E-state index contributed by atoms with van der Waals surface area (Å²) in [4.78, 5) is 5.72. The Morgan fingerprint density at radius 1 is 1.47 bits per heavy atom. The van der Waals surface area contributed by atoms with E-state index in [1.807, 2.05) is 4.68 Å². The molecule has 0 amide bonds. The lowest BCUT2D eigenvalue weighted by atomic mass is 10.1. The standard InChI is InChI=1S/C13H19BrN4S/c1-4-15-11(12-5-10(14)7-19-12)6-13-16-8-17-18(13)9(2)3/h5,7-9,11,15H,4,6H2,1-3H3. The second-order valence-electron chi connectivity index (χ2n) is 4.70. The molecule has 1 atom stereocenters. The molecule has 6 heteroatoms. The van der Waals surface area contributed by atoms with E-state index in [4.69, 9.17) is 0 Å². The molecule has 4 nitrogen and oxygen atoms in total. The maximum absolute atomic E-state index is 4.40. The average Bonchev–Trinajstić information content (AvgIpc) is 2.97. The molecule has 104 valence electrons. The maximum Gasteiger partial charge on any atom is 0.138 e. The van der Waals surface area contributed by atoms with Gasteiger partial charge in [0.15, 0.2) is 0 Å². The van der Waals surface area contributed by atoms with Gasteiger partial charge in [-0.3, -0.25) is 0 Å². The third-order valence-corrected chi connectivity index (χ3v) is 4.71. The lowest BCUT2D eigenvalue weighted by Gasteiger charge is -2.17. The first kappa shape index (κ1) is 14.7. The highest BCUT2D eigenvalue weighted by Crippen LogP contribution is 2.27. The van der Waals surface area contributed by atoms with Crippen molar-refractivity contribution in [3.05, 3.63) is 32.9 Å². The fourth-order valence-electron chi connectivity index (χ4n) is 2.06. The number of aromatic nitrogens is 3. The van der Waals surface area contributed by atoms with Gasteiger partial charge in [0, 0.05) is 33.2 Å². The Labute approximate surface area is 126 Å². The molecule has 0 spiro atoms. The molecule has 2 aromatic rings. The first-order valence-electron chi connectivity index (χ1n) is 6.47. The molecule has 2 aromatic heterocycles. The third-order valence-electron chi connectivity index (χ3n) is 2.90. The highest BCUT2D eigenvalue weighted by molar-refractivity contribution is 9.10. The van der Waals surface area contributed by atoms with Crippen LogP contribution in [0.1, 0.15) is 43.6 Å². The van der Waals surface area contributed by atoms with E-state index in [1.165, 1.54) is 4.88 Å².